The average Bonchev–Trinajstić information content (AvgIpc) is 3.10. The van der Waals surface area contributed by atoms with E-state index in [0.29, 0.717) is 0 Å². The van der Waals surface area contributed by atoms with Gasteiger partial charge in [-0.15, -0.1) is 0 Å². The fourth-order valence-corrected chi connectivity index (χ4v) is 8.67. The van der Waals surface area contributed by atoms with Crippen molar-refractivity contribution in [3.05, 3.63) is 99.3 Å². The molecule has 1 unspecified atom stereocenters. The molecule has 1 saturated heterocycles. The molecule has 1 fully saturated rings. The maximum atomic E-state index is 6.86. The van der Waals surface area contributed by atoms with Crippen LogP contribution < -0.4 is 4.90 Å². The summed E-state index contributed by atoms with van der Waals surface area (Å²) in [5.74, 6) is 0.164. The number of halogens is 2. The molecule has 4 rings (SSSR count). The van der Waals surface area contributed by atoms with Gasteiger partial charge < -0.3 is 0 Å². The average molecular weight is 569 g/mol. The number of hydrogen-bond donors (Lipinski definition) is 0. The number of aryl methyl sites for hydroxylation is 3. The first-order chi connectivity index (χ1) is 15.7. The number of rotatable bonds is 3. The first-order valence-electron chi connectivity index (χ1n) is 11.3. The van der Waals surface area contributed by atoms with Crippen molar-refractivity contribution >= 4 is 29.4 Å². The third-order valence-electron chi connectivity index (χ3n) is 6.46. The van der Waals surface area contributed by atoms with Crippen molar-refractivity contribution in [2.75, 3.05) is 18.0 Å². The SMILES string of the molecule is CC1=CC(C)=C(N2CCN(c3c(C)cc(C)cc3C)[C]2=[Ru]([Cl])[Cl])C(c2ccccc2)C(C)=C1. The second-order valence-electron chi connectivity index (χ2n) is 9.18. The van der Waals surface area contributed by atoms with Gasteiger partial charge in [-0.2, -0.15) is 0 Å². The first-order valence-corrected chi connectivity index (χ1v) is 16.7. The van der Waals surface area contributed by atoms with Gasteiger partial charge in [-0.25, -0.2) is 0 Å². The monoisotopic (exact) mass is 568 g/mol. The van der Waals surface area contributed by atoms with Crippen molar-refractivity contribution in [2.24, 2.45) is 0 Å². The van der Waals surface area contributed by atoms with Crippen LogP contribution in [0.2, 0.25) is 0 Å². The molecule has 0 saturated carbocycles. The molecule has 5 heteroatoms. The van der Waals surface area contributed by atoms with Crippen molar-refractivity contribution in [3.63, 3.8) is 0 Å². The summed E-state index contributed by atoms with van der Waals surface area (Å²) < 4.78 is 1.09. The van der Waals surface area contributed by atoms with E-state index in [2.05, 4.69) is 106 Å². The number of nitrogens with zero attached hydrogens (tertiary/aromatic N) is 2. The van der Waals surface area contributed by atoms with Crippen LogP contribution in [0, 0.1) is 20.8 Å². The molecule has 0 spiro atoms. The van der Waals surface area contributed by atoms with Crippen LogP contribution in [0.4, 0.5) is 5.69 Å². The van der Waals surface area contributed by atoms with Crippen molar-refractivity contribution in [2.45, 2.75) is 47.5 Å². The Hall–Kier alpha value is -1.67. The fourth-order valence-electron chi connectivity index (χ4n) is 5.46. The summed E-state index contributed by atoms with van der Waals surface area (Å²) in [6, 6.07) is 15.3. The van der Waals surface area contributed by atoms with Gasteiger partial charge in [0.05, 0.1) is 0 Å². The summed E-state index contributed by atoms with van der Waals surface area (Å²) in [5, 5.41) is 0. The van der Waals surface area contributed by atoms with Crippen LogP contribution in [0.5, 0.6) is 0 Å². The number of allylic oxidation sites excluding steroid dienone is 5. The number of anilines is 1. The first kappa shape index (κ1) is 24.5. The quantitative estimate of drug-likeness (QED) is 0.350. The summed E-state index contributed by atoms with van der Waals surface area (Å²) in [6.07, 6.45) is 4.61. The van der Waals surface area contributed by atoms with E-state index < -0.39 is 13.5 Å². The predicted molar refractivity (Wildman–Crippen MR) is 141 cm³/mol. The van der Waals surface area contributed by atoms with Gasteiger partial charge in [-0.3, -0.25) is 0 Å². The number of hydrogen-bond acceptors (Lipinski definition) is 2. The third kappa shape index (κ3) is 4.79. The van der Waals surface area contributed by atoms with Gasteiger partial charge in [0, 0.05) is 0 Å². The Bertz CT molecular complexity index is 1180. The Morgan fingerprint density at radius 3 is 2.03 bits per heavy atom. The molecular weight excluding hydrogens is 536 g/mol. The topological polar surface area (TPSA) is 6.48 Å². The molecule has 2 aromatic carbocycles. The van der Waals surface area contributed by atoms with Crippen LogP contribution in [0.1, 0.15) is 48.9 Å². The minimum atomic E-state index is -2.24. The molecule has 176 valence electrons. The predicted octanol–water partition coefficient (Wildman–Crippen LogP) is 7.71. The zero-order valence-electron chi connectivity index (χ0n) is 20.2. The fraction of sp³-hybridized carbons (Fsp3) is 0.321. The molecule has 0 radical (unpaired) electrons. The molecule has 0 N–H and O–H groups in total. The van der Waals surface area contributed by atoms with Crippen LogP contribution in [-0.2, 0) is 13.5 Å². The molecule has 1 atom stereocenters. The van der Waals surface area contributed by atoms with E-state index in [1.807, 2.05) is 0 Å². The van der Waals surface area contributed by atoms with E-state index in [1.165, 1.54) is 50.4 Å². The molecule has 2 aromatic rings. The van der Waals surface area contributed by atoms with Crippen molar-refractivity contribution in [1.82, 2.24) is 4.90 Å². The molecule has 2 nitrogen and oxygen atoms in total. The van der Waals surface area contributed by atoms with Gasteiger partial charge in [-0.05, 0) is 0 Å². The van der Waals surface area contributed by atoms with Gasteiger partial charge in [-0.1, -0.05) is 0 Å². The van der Waals surface area contributed by atoms with Crippen molar-refractivity contribution in [3.8, 4) is 0 Å². The summed E-state index contributed by atoms with van der Waals surface area (Å²) in [7, 11) is 13.7. The molecule has 33 heavy (non-hydrogen) atoms. The molecule has 0 amide bonds. The zero-order valence-corrected chi connectivity index (χ0v) is 23.4. The second-order valence-corrected chi connectivity index (χ2v) is 14.8. The standard InChI is InChI=1S/C28H32N2.2ClH.Ru/c1-19-14-21(3)26(25-10-8-7-9-11-25)28(24(6)17-19)30-13-12-29(18-30)27-22(4)15-20(2)16-23(27)5;;;/h7-11,14-17,26H,12-13H2,1-6H3;2*1H;/q;;;+2/p-2. The van der Waals surface area contributed by atoms with Crippen molar-refractivity contribution in [1.29, 1.82) is 0 Å². The van der Waals surface area contributed by atoms with Crippen molar-refractivity contribution < 1.29 is 13.5 Å². The Morgan fingerprint density at radius 1 is 0.818 bits per heavy atom. The van der Waals surface area contributed by atoms with E-state index in [0.717, 1.165) is 17.4 Å². The summed E-state index contributed by atoms with van der Waals surface area (Å²) in [5.41, 5.74) is 11.6. The number of benzene rings is 2. The zero-order chi connectivity index (χ0) is 23.9. The molecule has 1 aliphatic carbocycles. The van der Waals surface area contributed by atoms with E-state index in [9.17, 15) is 0 Å². The molecular formula is C28H32Cl2N2Ru. The van der Waals surface area contributed by atoms with Crippen LogP contribution in [0.25, 0.3) is 0 Å². The van der Waals surface area contributed by atoms with Crippen LogP contribution in [-0.4, -0.2) is 22.3 Å². The Morgan fingerprint density at radius 2 is 1.42 bits per heavy atom. The van der Waals surface area contributed by atoms with E-state index in [-0.39, 0.29) is 5.92 Å². The molecule has 1 aliphatic heterocycles. The van der Waals surface area contributed by atoms with Gasteiger partial charge >= 0.3 is 213 Å². The second kappa shape index (κ2) is 9.90. The normalized spacial score (nSPS) is 19.6. The van der Waals surface area contributed by atoms with Gasteiger partial charge in [0.15, 0.2) is 0 Å². The maximum absolute atomic E-state index is 6.86. The Labute approximate surface area is 211 Å². The Balaban J connectivity index is 1.89. The summed E-state index contributed by atoms with van der Waals surface area (Å²) >= 11 is -2.24. The van der Waals surface area contributed by atoms with Crippen LogP contribution in [0.3, 0.4) is 0 Å². The Kier molecular flexibility index (Phi) is 7.34. The van der Waals surface area contributed by atoms with Gasteiger partial charge in [0.1, 0.15) is 0 Å². The third-order valence-corrected chi connectivity index (χ3v) is 9.40. The summed E-state index contributed by atoms with van der Waals surface area (Å²) in [4.78, 5) is 4.84. The summed E-state index contributed by atoms with van der Waals surface area (Å²) in [6.45, 7) is 14.9. The van der Waals surface area contributed by atoms with E-state index in [4.69, 9.17) is 19.4 Å². The van der Waals surface area contributed by atoms with E-state index in [1.54, 1.807) is 0 Å². The minimum absolute atomic E-state index is 0.164. The molecule has 2 aliphatic rings. The van der Waals surface area contributed by atoms with E-state index >= 15 is 0 Å². The van der Waals surface area contributed by atoms with Gasteiger partial charge in [0.25, 0.3) is 0 Å². The molecule has 1 heterocycles. The molecule has 0 aromatic heterocycles. The molecule has 0 bridgehead atoms. The van der Waals surface area contributed by atoms with Crippen LogP contribution >= 0.6 is 19.4 Å². The van der Waals surface area contributed by atoms with Gasteiger partial charge in [0.2, 0.25) is 0 Å². The van der Waals surface area contributed by atoms with Crippen LogP contribution in [0.15, 0.2) is 77.0 Å².